The molecule has 0 bridgehead atoms. The minimum atomic E-state index is -4.56. The quantitative estimate of drug-likeness (QED) is 0.488. The molecule has 1 saturated heterocycles. The first kappa shape index (κ1) is 19.3. The SMILES string of the molecule is O=C(c1n[nH]c2ccc3nc(-c4cn[nH]c4C(F)(F)F)c4c(c3c12)CCCC4)N1CCC1. The Morgan fingerprint density at radius 2 is 1.78 bits per heavy atom. The third-order valence-electron chi connectivity index (χ3n) is 6.52. The Kier molecular flexibility index (Phi) is 4.08. The zero-order chi connectivity index (χ0) is 22.0. The summed E-state index contributed by atoms with van der Waals surface area (Å²) in [6.07, 6.45) is 0.736. The first-order valence-electron chi connectivity index (χ1n) is 10.7. The third kappa shape index (κ3) is 2.74. The van der Waals surface area contributed by atoms with Crippen LogP contribution in [0.5, 0.6) is 0 Å². The molecule has 0 spiro atoms. The highest BCUT2D eigenvalue weighted by atomic mass is 19.4. The monoisotopic (exact) mass is 440 g/mol. The van der Waals surface area contributed by atoms with E-state index in [0.29, 0.717) is 48.2 Å². The van der Waals surface area contributed by atoms with Crippen LogP contribution in [0.25, 0.3) is 33.1 Å². The fourth-order valence-electron chi connectivity index (χ4n) is 4.86. The highest BCUT2D eigenvalue weighted by molar-refractivity contribution is 6.17. The predicted octanol–water partition coefficient (Wildman–Crippen LogP) is 4.24. The fraction of sp³-hybridized carbons (Fsp3) is 0.364. The van der Waals surface area contributed by atoms with E-state index in [1.165, 1.54) is 6.20 Å². The zero-order valence-corrected chi connectivity index (χ0v) is 17.0. The van der Waals surface area contributed by atoms with Gasteiger partial charge in [0.25, 0.3) is 5.91 Å². The normalized spacial score (nSPS) is 16.4. The van der Waals surface area contributed by atoms with Gasteiger partial charge in [-0.25, -0.2) is 4.98 Å². The second-order valence-electron chi connectivity index (χ2n) is 8.38. The van der Waals surface area contributed by atoms with Crippen molar-refractivity contribution in [3.8, 4) is 11.3 Å². The summed E-state index contributed by atoms with van der Waals surface area (Å²) in [4.78, 5) is 19.4. The molecule has 10 heteroatoms. The van der Waals surface area contributed by atoms with Crippen LogP contribution in [0, 0.1) is 0 Å². The van der Waals surface area contributed by atoms with E-state index in [1.807, 2.05) is 0 Å². The van der Waals surface area contributed by atoms with Crippen LogP contribution in [-0.4, -0.2) is 49.3 Å². The Morgan fingerprint density at radius 3 is 2.50 bits per heavy atom. The third-order valence-corrected chi connectivity index (χ3v) is 6.52. The lowest BCUT2D eigenvalue weighted by molar-refractivity contribution is -0.140. The van der Waals surface area contributed by atoms with Gasteiger partial charge in [0, 0.05) is 23.9 Å². The minimum absolute atomic E-state index is 0.0401. The largest absolute Gasteiger partial charge is 0.433 e. The van der Waals surface area contributed by atoms with Crippen LogP contribution in [-0.2, 0) is 19.0 Å². The Hall–Kier alpha value is -3.43. The van der Waals surface area contributed by atoms with Gasteiger partial charge in [-0.1, -0.05) is 0 Å². The molecular formula is C22H19F3N6O. The second-order valence-corrected chi connectivity index (χ2v) is 8.38. The van der Waals surface area contributed by atoms with E-state index in [4.69, 9.17) is 0 Å². The summed E-state index contributed by atoms with van der Waals surface area (Å²) in [5, 5.41) is 14.5. The Bertz CT molecular complexity index is 1380. The lowest BCUT2D eigenvalue weighted by Crippen LogP contribution is -2.42. The van der Waals surface area contributed by atoms with Crippen LogP contribution >= 0.6 is 0 Å². The number of nitrogens with one attached hydrogen (secondary N) is 2. The van der Waals surface area contributed by atoms with Gasteiger partial charge in [-0.05, 0) is 55.4 Å². The summed E-state index contributed by atoms with van der Waals surface area (Å²) in [6.45, 7) is 1.42. The molecule has 3 aromatic heterocycles. The molecule has 7 nitrogen and oxygen atoms in total. The number of carbonyl (C=O) groups excluding carboxylic acids is 1. The number of pyridine rings is 1. The second kappa shape index (κ2) is 6.78. The number of alkyl halides is 3. The number of aromatic nitrogens is 5. The van der Waals surface area contributed by atoms with Crippen molar-refractivity contribution < 1.29 is 18.0 Å². The van der Waals surface area contributed by atoms with Gasteiger partial charge in [0.05, 0.1) is 28.5 Å². The summed E-state index contributed by atoms with van der Waals surface area (Å²) in [7, 11) is 0. The molecule has 2 N–H and O–H groups in total. The van der Waals surface area contributed by atoms with Crippen molar-refractivity contribution in [1.29, 1.82) is 0 Å². The fourth-order valence-corrected chi connectivity index (χ4v) is 4.86. The van der Waals surface area contributed by atoms with Crippen molar-refractivity contribution in [3.05, 3.63) is 40.8 Å². The van der Waals surface area contributed by atoms with Gasteiger partial charge < -0.3 is 4.90 Å². The van der Waals surface area contributed by atoms with Gasteiger partial charge in [0.15, 0.2) is 5.69 Å². The molecule has 164 valence electrons. The lowest BCUT2D eigenvalue weighted by atomic mass is 9.85. The number of aromatic amines is 2. The number of carbonyl (C=O) groups is 1. The van der Waals surface area contributed by atoms with Crippen molar-refractivity contribution in [3.63, 3.8) is 0 Å². The number of halogens is 3. The predicted molar refractivity (Wildman–Crippen MR) is 111 cm³/mol. The number of H-pyrrole nitrogens is 2. The smallest absolute Gasteiger partial charge is 0.337 e. The average Bonchev–Trinajstić information content (AvgIpc) is 3.38. The first-order chi connectivity index (χ1) is 15.4. The van der Waals surface area contributed by atoms with E-state index in [-0.39, 0.29) is 11.5 Å². The molecular weight excluding hydrogens is 421 g/mol. The van der Waals surface area contributed by atoms with Gasteiger partial charge in [-0.15, -0.1) is 0 Å². The molecule has 32 heavy (non-hydrogen) atoms. The van der Waals surface area contributed by atoms with Crippen LogP contribution < -0.4 is 0 Å². The number of aryl methyl sites for hydroxylation is 1. The number of rotatable bonds is 2. The summed E-state index contributed by atoms with van der Waals surface area (Å²) in [6, 6.07) is 3.56. The van der Waals surface area contributed by atoms with Gasteiger partial charge in [-0.3, -0.25) is 15.0 Å². The maximum Gasteiger partial charge on any atom is 0.433 e. The summed E-state index contributed by atoms with van der Waals surface area (Å²) in [5.41, 5.74) is 2.77. The molecule has 1 fully saturated rings. The number of amides is 1. The van der Waals surface area contributed by atoms with Crippen LogP contribution in [0.4, 0.5) is 13.2 Å². The maximum atomic E-state index is 13.6. The van der Waals surface area contributed by atoms with Crippen LogP contribution in [0.3, 0.4) is 0 Å². The Morgan fingerprint density at radius 1 is 1.00 bits per heavy atom. The van der Waals surface area contributed by atoms with Crippen LogP contribution in [0.1, 0.15) is 46.6 Å². The molecule has 0 atom stereocenters. The molecule has 0 radical (unpaired) electrons. The first-order valence-corrected chi connectivity index (χ1v) is 10.7. The van der Waals surface area contributed by atoms with E-state index in [9.17, 15) is 18.0 Å². The van der Waals surface area contributed by atoms with E-state index in [0.717, 1.165) is 41.3 Å². The number of fused-ring (bicyclic) bond motifs is 5. The van der Waals surface area contributed by atoms with E-state index in [2.05, 4.69) is 25.4 Å². The molecule has 4 heterocycles. The number of hydrogen-bond acceptors (Lipinski definition) is 4. The molecule has 1 aromatic carbocycles. The van der Waals surface area contributed by atoms with Crippen molar-refractivity contribution in [1.82, 2.24) is 30.3 Å². The molecule has 1 aliphatic heterocycles. The molecule has 0 saturated carbocycles. The zero-order valence-electron chi connectivity index (χ0n) is 17.0. The standard InChI is InChI=1S/C22H19F3N6O/c23-22(24,25)20-13(10-26-30-20)18-12-5-2-1-4-11(12)16-14(27-18)6-7-15-17(16)19(29-28-15)21(32)31-8-3-9-31/h6-7,10H,1-5,8-9H2,(H,26,30)(H,28,29). The van der Waals surface area contributed by atoms with Gasteiger partial charge >= 0.3 is 6.18 Å². The van der Waals surface area contributed by atoms with Crippen LogP contribution in [0.2, 0.25) is 0 Å². The van der Waals surface area contributed by atoms with Crippen molar-refractivity contribution in [2.24, 2.45) is 0 Å². The Labute approximate surface area is 180 Å². The molecule has 4 aromatic rings. The van der Waals surface area contributed by atoms with E-state index >= 15 is 0 Å². The van der Waals surface area contributed by atoms with E-state index < -0.39 is 11.9 Å². The maximum absolute atomic E-state index is 13.6. The molecule has 1 aliphatic carbocycles. The topological polar surface area (TPSA) is 90.6 Å². The number of likely N-dealkylation sites (tertiary alicyclic amines) is 1. The summed E-state index contributed by atoms with van der Waals surface area (Å²) >= 11 is 0. The van der Waals surface area contributed by atoms with Crippen molar-refractivity contribution >= 4 is 27.7 Å². The molecule has 2 aliphatic rings. The molecule has 6 rings (SSSR count). The minimum Gasteiger partial charge on any atom is -0.337 e. The number of nitrogens with zero attached hydrogens (tertiary/aromatic N) is 4. The summed E-state index contributed by atoms with van der Waals surface area (Å²) < 4.78 is 40.7. The van der Waals surface area contributed by atoms with Gasteiger partial charge in [0.2, 0.25) is 0 Å². The number of hydrogen-bond donors (Lipinski definition) is 2. The highest BCUT2D eigenvalue weighted by Gasteiger charge is 2.37. The van der Waals surface area contributed by atoms with Crippen LogP contribution in [0.15, 0.2) is 18.3 Å². The van der Waals surface area contributed by atoms with Gasteiger partial charge in [0.1, 0.15) is 5.69 Å². The molecule has 0 unspecified atom stereocenters. The van der Waals surface area contributed by atoms with Crippen molar-refractivity contribution in [2.45, 2.75) is 38.3 Å². The van der Waals surface area contributed by atoms with E-state index in [1.54, 1.807) is 17.0 Å². The van der Waals surface area contributed by atoms with Crippen molar-refractivity contribution in [2.75, 3.05) is 13.1 Å². The lowest BCUT2D eigenvalue weighted by Gasteiger charge is -2.30. The van der Waals surface area contributed by atoms with Gasteiger partial charge in [-0.2, -0.15) is 23.4 Å². The highest BCUT2D eigenvalue weighted by Crippen LogP contribution is 2.42. The Balaban J connectivity index is 1.65. The average molecular weight is 440 g/mol. The number of benzene rings is 1. The summed E-state index contributed by atoms with van der Waals surface area (Å²) in [5.74, 6) is -0.127. The molecule has 1 amide bonds.